The smallest absolute Gasteiger partial charge is 0.257 e. The molecule has 0 spiro atoms. The molecule has 1 aliphatic heterocycles. The number of hydrogen-bond donors (Lipinski definition) is 2. The van der Waals surface area contributed by atoms with Gasteiger partial charge in [-0.15, -0.1) is 12.4 Å². The lowest BCUT2D eigenvalue weighted by atomic mass is 10.00. The van der Waals surface area contributed by atoms with Crippen LogP contribution < -0.4 is 15.4 Å². The normalized spacial score (nSPS) is 16.6. The van der Waals surface area contributed by atoms with E-state index in [1.807, 2.05) is 54.6 Å². The van der Waals surface area contributed by atoms with Crippen molar-refractivity contribution in [1.82, 2.24) is 10.6 Å². The number of para-hydroxylation sites is 1. The van der Waals surface area contributed by atoms with E-state index in [1.165, 1.54) is 12.8 Å². The molecule has 25 heavy (non-hydrogen) atoms. The number of benzene rings is 2. The topological polar surface area (TPSA) is 50.4 Å². The van der Waals surface area contributed by atoms with Gasteiger partial charge in [0.15, 0.2) is 6.61 Å². The fourth-order valence-corrected chi connectivity index (χ4v) is 3.00. The molecule has 1 fully saturated rings. The van der Waals surface area contributed by atoms with Crippen LogP contribution in [0.2, 0.25) is 0 Å². The fourth-order valence-electron chi connectivity index (χ4n) is 3.00. The van der Waals surface area contributed by atoms with E-state index in [4.69, 9.17) is 4.74 Å². The lowest BCUT2D eigenvalue weighted by Gasteiger charge is -2.22. The standard InChI is InChI=1S/C20H24N2O2.ClH/c23-20(22-14-16-7-6-12-21-13-16)15-24-19-11-5-4-10-18(19)17-8-2-1-3-9-17;/h1-5,8-11,16,21H,6-7,12-15H2,(H,22,23);1H. The summed E-state index contributed by atoms with van der Waals surface area (Å²) in [7, 11) is 0. The fraction of sp³-hybridized carbons (Fsp3) is 0.350. The van der Waals surface area contributed by atoms with Crippen LogP contribution >= 0.6 is 12.4 Å². The van der Waals surface area contributed by atoms with Gasteiger partial charge in [0, 0.05) is 12.1 Å². The zero-order valence-electron chi connectivity index (χ0n) is 14.2. The van der Waals surface area contributed by atoms with Gasteiger partial charge in [-0.1, -0.05) is 48.5 Å². The molecule has 4 nitrogen and oxygen atoms in total. The summed E-state index contributed by atoms with van der Waals surface area (Å²) >= 11 is 0. The Kier molecular flexibility index (Phi) is 7.76. The van der Waals surface area contributed by atoms with Gasteiger partial charge in [0.05, 0.1) is 0 Å². The molecule has 1 heterocycles. The summed E-state index contributed by atoms with van der Waals surface area (Å²) in [4.78, 5) is 12.1. The molecule has 2 aromatic rings. The first-order valence-corrected chi connectivity index (χ1v) is 8.57. The Morgan fingerprint density at radius 2 is 1.88 bits per heavy atom. The van der Waals surface area contributed by atoms with E-state index in [0.717, 1.165) is 36.5 Å². The zero-order valence-corrected chi connectivity index (χ0v) is 15.1. The molecule has 0 radical (unpaired) electrons. The van der Waals surface area contributed by atoms with Crippen molar-refractivity contribution < 1.29 is 9.53 Å². The molecule has 1 saturated heterocycles. The van der Waals surface area contributed by atoms with Crippen molar-refractivity contribution in [3.05, 3.63) is 54.6 Å². The van der Waals surface area contributed by atoms with E-state index in [0.29, 0.717) is 5.92 Å². The SMILES string of the molecule is Cl.O=C(COc1ccccc1-c1ccccc1)NCC1CCCNC1. The molecule has 0 aromatic heterocycles. The van der Waals surface area contributed by atoms with E-state index >= 15 is 0 Å². The van der Waals surface area contributed by atoms with Gasteiger partial charge in [0.1, 0.15) is 5.75 Å². The van der Waals surface area contributed by atoms with Crippen LogP contribution in [-0.4, -0.2) is 32.1 Å². The van der Waals surface area contributed by atoms with Crippen LogP contribution in [0.4, 0.5) is 0 Å². The molecule has 1 unspecified atom stereocenters. The van der Waals surface area contributed by atoms with Crippen molar-refractivity contribution in [1.29, 1.82) is 0 Å². The Balaban J connectivity index is 0.00000225. The summed E-state index contributed by atoms with van der Waals surface area (Å²) in [5.74, 6) is 1.20. The summed E-state index contributed by atoms with van der Waals surface area (Å²) in [5.41, 5.74) is 2.09. The van der Waals surface area contributed by atoms with Crippen molar-refractivity contribution in [2.45, 2.75) is 12.8 Å². The van der Waals surface area contributed by atoms with Crippen LogP contribution in [0, 0.1) is 5.92 Å². The van der Waals surface area contributed by atoms with Gasteiger partial charge in [0.25, 0.3) is 5.91 Å². The first kappa shape index (κ1) is 19.3. The molecule has 0 bridgehead atoms. The van der Waals surface area contributed by atoms with Gasteiger partial charge < -0.3 is 15.4 Å². The number of amides is 1. The first-order valence-electron chi connectivity index (χ1n) is 8.57. The molecule has 1 amide bonds. The monoisotopic (exact) mass is 360 g/mol. The molecule has 1 atom stereocenters. The Labute approximate surface area is 155 Å². The number of nitrogens with one attached hydrogen (secondary N) is 2. The highest BCUT2D eigenvalue weighted by Crippen LogP contribution is 2.29. The molecular weight excluding hydrogens is 336 g/mol. The van der Waals surface area contributed by atoms with Gasteiger partial charge >= 0.3 is 0 Å². The summed E-state index contributed by atoms with van der Waals surface area (Å²) in [6.45, 7) is 2.83. The highest BCUT2D eigenvalue weighted by molar-refractivity contribution is 5.85. The zero-order chi connectivity index (χ0) is 16.6. The largest absolute Gasteiger partial charge is 0.483 e. The quantitative estimate of drug-likeness (QED) is 0.831. The number of carbonyl (C=O) groups is 1. The average Bonchev–Trinajstić information content (AvgIpc) is 2.66. The van der Waals surface area contributed by atoms with Crippen LogP contribution in [0.1, 0.15) is 12.8 Å². The number of piperidine rings is 1. The Morgan fingerprint density at radius 3 is 2.64 bits per heavy atom. The minimum absolute atomic E-state index is 0. The second-order valence-corrected chi connectivity index (χ2v) is 6.17. The highest BCUT2D eigenvalue weighted by Gasteiger charge is 2.14. The third kappa shape index (κ3) is 5.76. The van der Waals surface area contributed by atoms with Crippen LogP contribution in [0.3, 0.4) is 0 Å². The average molecular weight is 361 g/mol. The molecule has 3 rings (SSSR count). The van der Waals surface area contributed by atoms with E-state index in [2.05, 4.69) is 10.6 Å². The van der Waals surface area contributed by atoms with Gasteiger partial charge in [-0.3, -0.25) is 4.79 Å². The number of hydrogen-bond acceptors (Lipinski definition) is 3. The molecule has 0 aliphatic carbocycles. The summed E-state index contributed by atoms with van der Waals surface area (Å²) < 4.78 is 5.77. The predicted molar refractivity (Wildman–Crippen MR) is 103 cm³/mol. The molecule has 2 N–H and O–H groups in total. The number of halogens is 1. The van der Waals surface area contributed by atoms with Crippen LogP contribution in [0.5, 0.6) is 5.75 Å². The van der Waals surface area contributed by atoms with E-state index in [-0.39, 0.29) is 24.9 Å². The second kappa shape index (κ2) is 10.1. The van der Waals surface area contributed by atoms with E-state index in [1.54, 1.807) is 0 Å². The van der Waals surface area contributed by atoms with Gasteiger partial charge in [0.2, 0.25) is 0 Å². The van der Waals surface area contributed by atoms with Crippen molar-refractivity contribution >= 4 is 18.3 Å². The second-order valence-electron chi connectivity index (χ2n) is 6.17. The third-order valence-electron chi connectivity index (χ3n) is 4.32. The van der Waals surface area contributed by atoms with Crippen molar-refractivity contribution in [2.24, 2.45) is 5.92 Å². The third-order valence-corrected chi connectivity index (χ3v) is 4.32. The van der Waals surface area contributed by atoms with Crippen LogP contribution in [0.15, 0.2) is 54.6 Å². The van der Waals surface area contributed by atoms with Crippen molar-refractivity contribution in [3.8, 4) is 16.9 Å². The molecule has 5 heteroatoms. The highest BCUT2D eigenvalue weighted by atomic mass is 35.5. The maximum Gasteiger partial charge on any atom is 0.257 e. The Bertz CT molecular complexity index is 658. The van der Waals surface area contributed by atoms with Crippen molar-refractivity contribution in [2.75, 3.05) is 26.2 Å². The van der Waals surface area contributed by atoms with Gasteiger partial charge in [-0.05, 0) is 43.5 Å². The molecule has 134 valence electrons. The molecule has 1 aliphatic rings. The van der Waals surface area contributed by atoms with Gasteiger partial charge in [-0.2, -0.15) is 0 Å². The van der Waals surface area contributed by atoms with Crippen molar-refractivity contribution in [3.63, 3.8) is 0 Å². The first-order chi connectivity index (χ1) is 11.8. The van der Waals surface area contributed by atoms with Crippen LogP contribution in [0.25, 0.3) is 11.1 Å². The summed E-state index contributed by atoms with van der Waals surface area (Å²) in [6.07, 6.45) is 2.35. The van der Waals surface area contributed by atoms with Gasteiger partial charge in [-0.25, -0.2) is 0 Å². The molecule has 0 saturated carbocycles. The predicted octanol–water partition coefficient (Wildman–Crippen LogP) is 3.27. The minimum atomic E-state index is -0.0663. The lowest BCUT2D eigenvalue weighted by Crippen LogP contribution is -2.39. The van der Waals surface area contributed by atoms with E-state index < -0.39 is 0 Å². The van der Waals surface area contributed by atoms with E-state index in [9.17, 15) is 4.79 Å². The lowest BCUT2D eigenvalue weighted by molar-refractivity contribution is -0.123. The minimum Gasteiger partial charge on any atom is -0.483 e. The number of ether oxygens (including phenoxy) is 1. The molecule has 2 aromatic carbocycles. The van der Waals surface area contributed by atoms with Crippen LogP contribution in [-0.2, 0) is 4.79 Å². The molecular formula is C20H25ClN2O2. The number of carbonyl (C=O) groups excluding carboxylic acids is 1. The maximum absolute atomic E-state index is 12.1. The Hall–Kier alpha value is -2.04. The maximum atomic E-state index is 12.1. The summed E-state index contributed by atoms with van der Waals surface area (Å²) in [5, 5.41) is 6.34. The number of rotatable bonds is 6. The Morgan fingerprint density at radius 1 is 1.12 bits per heavy atom. The summed E-state index contributed by atoms with van der Waals surface area (Å²) in [6, 6.07) is 17.9.